The van der Waals surface area contributed by atoms with Crippen LogP contribution in [0.3, 0.4) is 0 Å². The summed E-state index contributed by atoms with van der Waals surface area (Å²) in [5.41, 5.74) is 0. The number of aliphatic hydroxyl groups excluding tert-OH is 3. The minimum atomic E-state index is -0.991. The van der Waals surface area contributed by atoms with E-state index >= 15 is 0 Å². The van der Waals surface area contributed by atoms with Gasteiger partial charge in [0.25, 0.3) is 0 Å². The smallest absolute Gasteiger partial charge is 0.334 e. The molecule has 0 fully saturated rings. The minimum absolute atomic E-state index is 0.139. The number of hydrogen-bond donors (Lipinski definition) is 3. The third-order valence-electron chi connectivity index (χ3n) is 0.892. The van der Waals surface area contributed by atoms with E-state index in [2.05, 4.69) is 4.74 Å². The van der Waals surface area contributed by atoms with Crippen LogP contribution in [0.4, 0.5) is 0 Å². The van der Waals surface area contributed by atoms with Crippen molar-refractivity contribution in [2.75, 3.05) is 13.2 Å². The molecule has 0 radical (unpaired) electrons. The molecule has 0 heterocycles. The third kappa shape index (κ3) is 14.2. The lowest BCUT2D eigenvalue weighted by Gasteiger charge is -2.01. The molecular weight excluding hydrogens is 176 g/mol. The molecule has 2 atom stereocenters. The molecule has 0 aliphatic rings. The van der Waals surface area contributed by atoms with E-state index in [0.717, 1.165) is 0 Å². The maximum absolute atomic E-state index is 10.3. The molecule has 13 heavy (non-hydrogen) atoms. The number of aliphatic hydroxyl groups is 3. The molecule has 0 aromatic heterocycles. The SMILES string of the molecule is CC(O)CO.CCOC(=O)C(C)O. The molecule has 0 aromatic rings. The summed E-state index contributed by atoms with van der Waals surface area (Å²) in [4.78, 5) is 10.3. The summed E-state index contributed by atoms with van der Waals surface area (Å²) in [7, 11) is 0. The van der Waals surface area contributed by atoms with Gasteiger partial charge in [0.1, 0.15) is 6.10 Å². The fourth-order valence-electron chi connectivity index (χ4n) is 0.263. The highest BCUT2D eigenvalue weighted by Crippen LogP contribution is 1.84. The molecular formula is C8H18O5. The van der Waals surface area contributed by atoms with E-state index < -0.39 is 18.2 Å². The molecule has 0 aliphatic heterocycles. The van der Waals surface area contributed by atoms with Crippen LogP contribution >= 0.6 is 0 Å². The van der Waals surface area contributed by atoms with Crippen molar-refractivity contribution in [1.29, 1.82) is 0 Å². The Morgan fingerprint density at radius 3 is 1.85 bits per heavy atom. The fourth-order valence-corrected chi connectivity index (χ4v) is 0.263. The standard InChI is InChI=1S/C5H10O3.C3H8O2/c1-3-8-5(7)4(2)6;1-3(5)2-4/h4,6H,3H2,1-2H3;3-5H,2H2,1H3. The van der Waals surface area contributed by atoms with Gasteiger partial charge in [-0.25, -0.2) is 4.79 Å². The maximum Gasteiger partial charge on any atom is 0.334 e. The van der Waals surface area contributed by atoms with Gasteiger partial charge < -0.3 is 20.1 Å². The second-order valence-electron chi connectivity index (χ2n) is 2.46. The van der Waals surface area contributed by atoms with Crippen molar-refractivity contribution in [3.8, 4) is 0 Å². The second kappa shape index (κ2) is 9.44. The predicted molar refractivity (Wildman–Crippen MR) is 47.1 cm³/mol. The Kier molecular flexibility index (Phi) is 10.8. The Bertz CT molecular complexity index is 122. The van der Waals surface area contributed by atoms with Gasteiger partial charge in [-0.15, -0.1) is 0 Å². The zero-order valence-electron chi connectivity index (χ0n) is 8.23. The van der Waals surface area contributed by atoms with E-state index in [9.17, 15) is 4.79 Å². The summed E-state index contributed by atoms with van der Waals surface area (Å²) in [6, 6.07) is 0. The summed E-state index contributed by atoms with van der Waals surface area (Å²) in [6.45, 7) is 4.78. The van der Waals surface area contributed by atoms with E-state index in [1.165, 1.54) is 13.8 Å². The Hall–Kier alpha value is -0.650. The van der Waals surface area contributed by atoms with Crippen molar-refractivity contribution in [3.05, 3.63) is 0 Å². The van der Waals surface area contributed by atoms with Crippen molar-refractivity contribution in [3.63, 3.8) is 0 Å². The van der Waals surface area contributed by atoms with Crippen molar-refractivity contribution in [1.82, 2.24) is 0 Å². The van der Waals surface area contributed by atoms with Crippen LogP contribution in [0.25, 0.3) is 0 Å². The summed E-state index contributed by atoms with van der Waals surface area (Å²) in [5.74, 6) is -0.562. The van der Waals surface area contributed by atoms with Gasteiger partial charge >= 0.3 is 5.97 Å². The van der Waals surface area contributed by atoms with Crippen molar-refractivity contribution in [2.24, 2.45) is 0 Å². The fraction of sp³-hybridized carbons (Fsp3) is 0.875. The van der Waals surface area contributed by atoms with E-state index in [-0.39, 0.29) is 6.61 Å². The van der Waals surface area contributed by atoms with Crippen molar-refractivity contribution >= 4 is 5.97 Å². The van der Waals surface area contributed by atoms with Crippen LogP contribution in [0.15, 0.2) is 0 Å². The van der Waals surface area contributed by atoms with Crippen LogP contribution in [0.5, 0.6) is 0 Å². The number of rotatable bonds is 3. The van der Waals surface area contributed by atoms with Crippen LogP contribution < -0.4 is 0 Å². The van der Waals surface area contributed by atoms with Gasteiger partial charge in [0.15, 0.2) is 0 Å². The summed E-state index contributed by atoms with van der Waals surface area (Å²) in [6.07, 6.45) is -1.55. The van der Waals surface area contributed by atoms with Gasteiger partial charge in [-0.2, -0.15) is 0 Å². The van der Waals surface area contributed by atoms with E-state index in [1.807, 2.05) is 0 Å². The molecule has 0 bridgehead atoms. The number of carbonyl (C=O) groups excluding carboxylic acids is 1. The third-order valence-corrected chi connectivity index (χ3v) is 0.892. The van der Waals surface area contributed by atoms with Crippen LogP contribution in [-0.2, 0) is 9.53 Å². The first-order valence-electron chi connectivity index (χ1n) is 4.09. The molecule has 0 rings (SSSR count). The van der Waals surface area contributed by atoms with Crippen molar-refractivity contribution < 1.29 is 24.9 Å². The zero-order chi connectivity index (χ0) is 10.9. The zero-order valence-corrected chi connectivity index (χ0v) is 8.23. The van der Waals surface area contributed by atoms with E-state index in [1.54, 1.807) is 6.92 Å². The number of ether oxygens (including phenoxy) is 1. The predicted octanol–water partition coefficient (Wildman–Crippen LogP) is -0.710. The number of hydrogen-bond acceptors (Lipinski definition) is 5. The lowest BCUT2D eigenvalue weighted by Crippen LogP contribution is -2.18. The molecule has 0 amide bonds. The Labute approximate surface area is 78.0 Å². The van der Waals surface area contributed by atoms with Crippen LogP contribution in [0.1, 0.15) is 20.8 Å². The minimum Gasteiger partial charge on any atom is -0.464 e. The highest BCUT2D eigenvalue weighted by molar-refractivity contribution is 5.73. The lowest BCUT2D eigenvalue weighted by atomic mass is 10.4. The molecule has 5 nitrogen and oxygen atoms in total. The average Bonchev–Trinajstić information content (AvgIpc) is 2.06. The lowest BCUT2D eigenvalue weighted by molar-refractivity contribution is -0.151. The van der Waals surface area contributed by atoms with Crippen molar-refractivity contribution in [2.45, 2.75) is 33.0 Å². The van der Waals surface area contributed by atoms with E-state index in [0.29, 0.717) is 6.61 Å². The van der Waals surface area contributed by atoms with E-state index in [4.69, 9.17) is 15.3 Å². The first-order valence-corrected chi connectivity index (χ1v) is 4.09. The molecule has 0 saturated heterocycles. The monoisotopic (exact) mass is 194 g/mol. The quantitative estimate of drug-likeness (QED) is 0.517. The molecule has 3 N–H and O–H groups in total. The summed E-state index contributed by atoms with van der Waals surface area (Å²) < 4.78 is 4.41. The maximum atomic E-state index is 10.3. The summed E-state index contributed by atoms with van der Waals surface area (Å²) >= 11 is 0. The van der Waals surface area contributed by atoms with Gasteiger partial charge in [-0.1, -0.05) is 0 Å². The first kappa shape index (κ1) is 14.9. The Morgan fingerprint density at radius 2 is 1.77 bits per heavy atom. The van der Waals surface area contributed by atoms with Gasteiger partial charge in [-0.3, -0.25) is 0 Å². The molecule has 5 heteroatoms. The first-order chi connectivity index (χ1) is 5.95. The molecule has 0 spiro atoms. The topological polar surface area (TPSA) is 87.0 Å². The van der Waals surface area contributed by atoms with Gasteiger partial charge in [0, 0.05) is 0 Å². The number of carbonyl (C=O) groups is 1. The van der Waals surface area contributed by atoms with Crippen LogP contribution in [0.2, 0.25) is 0 Å². The Morgan fingerprint density at radius 1 is 1.38 bits per heavy atom. The largest absolute Gasteiger partial charge is 0.464 e. The van der Waals surface area contributed by atoms with Crippen LogP contribution in [0, 0.1) is 0 Å². The average molecular weight is 194 g/mol. The van der Waals surface area contributed by atoms with Crippen LogP contribution in [-0.4, -0.2) is 46.7 Å². The van der Waals surface area contributed by atoms with Gasteiger partial charge in [-0.05, 0) is 20.8 Å². The Balaban J connectivity index is 0. The molecule has 0 saturated carbocycles. The second-order valence-corrected chi connectivity index (χ2v) is 2.46. The van der Waals surface area contributed by atoms with Gasteiger partial charge in [0.05, 0.1) is 19.3 Å². The molecule has 0 aromatic carbocycles. The number of esters is 1. The highest BCUT2D eigenvalue weighted by Gasteiger charge is 2.07. The molecule has 0 aliphatic carbocycles. The molecule has 80 valence electrons. The summed E-state index contributed by atoms with van der Waals surface area (Å²) in [5, 5.41) is 24.5. The normalized spacial score (nSPS) is 13.7. The molecule has 2 unspecified atom stereocenters. The van der Waals surface area contributed by atoms with Gasteiger partial charge in [0.2, 0.25) is 0 Å². The highest BCUT2D eigenvalue weighted by atomic mass is 16.5.